The number of rotatable bonds is 2. The molecule has 1 rings (SSSR count). The largest absolute Gasteiger partial charge is 0.312 e. The number of halogens is 1. The van der Waals surface area contributed by atoms with Gasteiger partial charge in [-0.25, -0.2) is 0 Å². The van der Waals surface area contributed by atoms with Gasteiger partial charge in [0, 0.05) is 6.04 Å². The van der Waals surface area contributed by atoms with E-state index in [9.17, 15) is 0 Å². The Bertz CT molecular complexity index is 209. The SMILES string of the molecule is CNC(C)c1cc(Cl)n[nH]1. The van der Waals surface area contributed by atoms with Crippen LogP contribution in [0.15, 0.2) is 6.07 Å². The average molecular weight is 160 g/mol. The Kier molecular flexibility index (Phi) is 2.29. The lowest BCUT2D eigenvalue weighted by molar-refractivity contribution is 0.630. The highest BCUT2D eigenvalue weighted by Crippen LogP contribution is 2.12. The highest BCUT2D eigenvalue weighted by atomic mass is 35.5. The summed E-state index contributed by atoms with van der Waals surface area (Å²) in [7, 11) is 1.89. The van der Waals surface area contributed by atoms with Crippen molar-refractivity contribution >= 4 is 11.6 Å². The number of aromatic amines is 1. The van der Waals surface area contributed by atoms with Crippen molar-refractivity contribution in [2.75, 3.05) is 7.05 Å². The molecule has 0 aromatic carbocycles. The van der Waals surface area contributed by atoms with Crippen molar-refractivity contribution < 1.29 is 0 Å². The minimum Gasteiger partial charge on any atom is -0.312 e. The van der Waals surface area contributed by atoms with E-state index in [1.54, 1.807) is 0 Å². The molecular formula is C6H10ClN3. The zero-order chi connectivity index (χ0) is 7.56. The fourth-order valence-electron chi connectivity index (χ4n) is 0.688. The summed E-state index contributed by atoms with van der Waals surface area (Å²) in [5.74, 6) is 0. The van der Waals surface area contributed by atoms with Crippen LogP contribution in [0.4, 0.5) is 0 Å². The first-order valence-electron chi connectivity index (χ1n) is 3.12. The summed E-state index contributed by atoms with van der Waals surface area (Å²) < 4.78 is 0. The Balaban J connectivity index is 2.74. The number of nitrogens with one attached hydrogen (secondary N) is 2. The van der Waals surface area contributed by atoms with Crippen LogP contribution >= 0.6 is 11.6 Å². The molecule has 1 unspecified atom stereocenters. The third-order valence-electron chi connectivity index (χ3n) is 1.47. The molecule has 0 aliphatic heterocycles. The van der Waals surface area contributed by atoms with Gasteiger partial charge in [0.15, 0.2) is 5.15 Å². The summed E-state index contributed by atoms with van der Waals surface area (Å²) in [4.78, 5) is 0. The van der Waals surface area contributed by atoms with Crippen molar-refractivity contribution in [3.05, 3.63) is 16.9 Å². The average Bonchev–Trinajstić information content (AvgIpc) is 2.34. The molecule has 4 heteroatoms. The zero-order valence-electron chi connectivity index (χ0n) is 5.98. The van der Waals surface area contributed by atoms with Crippen molar-refractivity contribution in [1.29, 1.82) is 0 Å². The van der Waals surface area contributed by atoms with Gasteiger partial charge in [0.2, 0.25) is 0 Å². The molecule has 0 fully saturated rings. The van der Waals surface area contributed by atoms with E-state index in [0.29, 0.717) is 5.15 Å². The van der Waals surface area contributed by atoms with E-state index in [0.717, 1.165) is 5.69 Å². The van der Waals surface area contributed by atoms with Crippen molar-refractivity contribution in [1.82, 2.24) is 15.5 Å². The predicted octanol–water partition coefficient (Wildman–Crippen LogP) is 1.34. The fraction of sp³-hybridized carbons (Fsp3) is 0.500. The molecule has 0 aliphatic rings. The molecule has 10 heavy (non-hydrogen) atoms. The molecule has 0 spiro atoms. The van der Waals surface area contributed by atoms with Gasteiger partial charge >= 0.3 is 0 Å². The van der Waals surface area contributed by atoms with Gasteiger partial charge in [-0.05, 0) is 20.0 Å². The molecule has 0 radical (unpaired) electrons. The second-order valence-corrected chi connectivity index (χ2v) is 2.54. The Morgan fingerprint density at radius 3 is 2.90 bits per heavy atom. The summed E-state index contributed by atoms with van der Waals surface area (Å²) in [6.07, 6.45) is 0. The van der Waals surface area contributed by atoms with E-state index < -0.39 is 0 Å². The summed E-state index contributed by atoms with van der Waals surface area (Å²) in [6, 6.07) is 2.09. The highest BCUT2D eigenvalue weighted by Gasteiger charge is 2.04. The van der Waals surface area contributed by atoms with Crippen LogP contribution in [-0.2, 0) is 0 Å². The van der Waals surface area contributed by atoms with Crippen molar-refractivity contribution in [3.8, 4) is 0 Å². The number of nitrogens with zero attached hydrogens (tertiary/aromatic N) is 1. The Hall–Kier alpha value is -0.540. The Labute approximate surface area is 64.8 Å². The van der Waals surface area contributed by atoms with Gasteiger partial charge in [0.1, 0.15) is 0 Å². The summed E-state index contributed by atoms with van der Waals surface area (Å²) in [6.45, 7) is 2.03. The van der Waals surface area contributed by atoms with Crippen LogP contribution in [0.5, 0.6) is 0 Å². The predicted molar refractivity (Wildman–Crippen MR) is 41.1 cm³/mol. The van der Waals surface area contributed by atoms with E-state index >= 15 is 0 Å². The van der Waals surface area contributed by atoms with Gasteiger partial charge in [0.05, 0.1) is 5.69 Å². The van der Waals surface area contributed by atoms with Gasteiger partial charge in [-0.2, -0.15) is 5.10 Å². The normalized spacial score (nSPS) is 13.5. The van der Waals surface area contributed by atoms with Crippen molar-refractivity contribution in [3.63, 3.8) is 0 Å². The molecule has 1 aromatic heterocycles. The van der Waals surface area contributed by atoms with Gasteiger partial charge in [-0.1, -0.05) is 11.6 Å². The van der Waals surface area contributed by atoms with Crippen LogP contribution in [0.3, 0.4) is 0 Å². The van der Waals surface area contributed by atoms with E-state index in [4.69, 9.17) is 11.6 Å². The van der Waals surface area contributed by atoms with Gasteiger partial charge < -0.3 is 5.32 Å². The van der Waals surface area contributed by atoms with Gasteiger partial charge in [-0.3, -0.25) is 5.10 Å². The molecule has 1 atom stereocenters. The maximum Gasteiger partial charge on any atom is 0.151 e. The van der Waals surface area contributed by atoms with Crippen LogP contribution in [0.25, 0.3) is 0 Å². The van der Waals surface area contributed by atoms with Crippen LogP contribution in [0.2, 0.25) is 5.15 Å². The lowest BCUT2D eigenvalue weighted by Gasteiger charge is -2.04. The lowest BCUT2D eigenvalue weighted by atomic mass is 10.2. The molecule has 0 saturated carbocycles. The maximum absolute atomic E-state index is 5.59. The molecule has 2 N–H and O–H groups in total. The smallest absolute Gasteiger partial charge is 0.151 e. The first-order valence-corrected chi connectivity index (χ1v) is 3.50. The van der Waals surface area contributed by atoms with E-state index in [-0.39, 0.29) is 6.04 Å². The first-order chi connectivity index (χ1) is 4.74. The number of H-pyrrole nitrogens is 1. The van der Waals surface area contributed by atoms with Crippen molar-refractivity contribution in [2.24, 2.45) is 0 Å². The monoisotopic (exact) mass is 159 g/mol. The topological polar surface area (TPSA) is 40.7 Å². The number of hydrogen-bond acceptors (Lipinski definition) is 2. The Morgan fingerprint density at radius 1 is 1.80 bits per heavy atom. The maximum atomic E-state index is 5.59. The van der Waals surface area contributed by atoms with E-state index in [1.165, 1.54) is 0 Å². The van der Waals surface area contributed by atoms with Crippen LogP contribution in [0.1, 0.15) is 18.7 Å². The van der Waals surface area contributed by atoms with E-state index in [2.05, 4.69) is 15.5 Å². The highest BCUT2D eigenvalue weighted by molar-refractivity contribution is 6.29. The first kappa shape index (κ1) is 7.57. The Morgan fingerprint density at radius 2 is 2.50 bits per heavy atom. The second-order valence-electron chi connectivity index (χ2n) is 2.16. The molecule has 1 aromatic rings. The molecule has 3 nitrogen and oxygen atoms in total. The lowest BCUT2D eigenvalue weighted by Crippen LogP contribution is -2.12. The third-order valence-corrected chi connectivity index (χ3v) is 1.66. The molecule has 0 saturated heterocycles. The van der Waals surface area contributed by atoms with Crippen LogP contribution < -0.4 is 5.32 Å². The zero-order valence-corrected chi connectivity index (χ0v) is 6.74. The minimum atomic E-state index is 0.278. The molecule has 0 bridgehead atoms. The van der Waals surface area contributed by atoms with Gasteiger partial charge in [0.25, 0.3) is 0 Å². The van der Waals surface area contributed by atoms with Crippen molar-refractivity contribution in [2.45, 2.75) is 13.0 Å². The standard InChI is InChI=1S/C6H10ClN3/c1-4(8-2)5-3-6(7)10-9-5/h3-4,8H,1-2H3,(H,9,10). The van der Waals surface area contributed by atoms with Crippen LogP contribution in [-0.4, -0.2) is 17.2 Å². The number of hydrogen-bond donors (Lipinski definition) is 2. The van der Waals surface area contributed by atoms with Gasteiger partial charge in [-0.15, -0.1) is 0 Å². The molecule has 0 amide bonds. The summed E-state index contributed by atoms with van der Waals surface area (Å²) in [5.41, 5.74) is 1.01. The van der Waals surface area contributed by atoms with E-state index in [1.807, 2.05) is 20.0 Å². The molecule has 1 heterocycles. The van der Waals surface area contributed by atoms with Crippen LogP contribution in [0, 0.1) is 0 Å². The molecular weight excluding hydrogens is 150 g/mol. The minimum absolute atomic E-state index is 0.278. The fourth-order valence-corrected chi connectivity index (χ4v) is 0.848. The third kappa shape index (κ3) is 1.49. The summed E-state index contributed by atoms with van der Waals surface area (Å²) in [5, 5.41) is 10.2. The summed E-state index contributed by atoms with van der Waals surface area (Å²) >= 11 is 5.59. The molecule has 0 aliphatic carbocycles. The second kappa shape index (κ2) is 3.03. The molecule has 56 valence electrons. The number of aromatic nitrogens is 2. The quantitative estimate of drug-likeness (QED) is 0.684.